The molecule has 7 heteroatoms. The minimum atomic E-state index is -0.308. The first-order chi connectivity index (χ1) is 12.6. The second kappa shape index (κ2) is 9.41. The Hall–Kier alpha value is -3.09. The van der Waals surface area contributed by atoms with Crippen LogP contribution in [0.25, 0.3) is 0 Å². The summed E-state index contributed by atoms with van der Waals surface area (Å²) in [5.74, 6) is 0.666. The molecule has 0 saturated carbocycles. The maximum absolute atomic E-state index is 12.3. The third kappa shape index (κ3) is 4.95. The number of carbonyl (C=O) groups is 2. The maximum Gasteiger partial charge on any atom is 0.253 e. The Kier molecular flexibility index (Phi) is 6.96. The van der Waals surface area contributed by atoms with Gasteiger partial charge >= 0.3 is 0 Å². The molecule has 2 rings (SSSR count). The molecular weight excluding hydrogens is 334 g/mol. The molecule has 0 radical (unpaired) electrons. The molecule has 0 aliphatic rings. The largest absolute Gasteiger partial charge is 0.493 e. The molecule has 138 valence electrons. The van der Waals surface area contributed by atoms with Crippen LogP contribution in [0.4, 0.5) is 0 Å². The van der Waals surface area contributed by atoms with Gasteiger partial charge in [-0.3, -0.25) is 14.6 Å². The first-order valence-electron chi connectivity index (χ1n) is 8.31. The highest BCUT2D eigenvalue weighted by Gasteiger charge is 2.11. The zero-order valence-electron chi connectivity index (χ0n) is 15.2. The molecule has 0 bridgehead atoms. The summed E-state index contributed by atoms with van der Waals surface area (Å²) in [7, 11) is 3.12. The molecule has 0 atom stereocenters. The molecule has 0 aliphatic carbocycles. The van der Waals surface area contributed by atoms with E-state index in [4.69, 9.17) is 9.47 Å². The SMILES string of the molecule is CCCNC(=O)c1cncc(C(=O)NCc2ccc(OC)c(OC)c2)c1. The maximum atomic E-state index is 12.3. The quantitative estimate of drug-likeness (QED) is 0.756. The average molecular weight is 357 g/mol. The summed E-state index contributed by atoms with van der Waals surface area (Å²) >= 11 is 0. The average Bonchev–Trinajstić information content (AvgIpc) is 2.69. The van der Waals surface area contributed by atoms with Gasteiger partial charge in [0, 0.05) is 25.5 Å². The van der Waals surface area contributed by atoms with Crippen molar-refractivity contribution in [3.63, 3.8) is 0 Å². The van der Waals surface area contributed by atoms with Crippen LogP contribution in [0, 0.1) is 0 Å². The van der Waals surface area contributed by atoms with Crippen LogP contribution in [-0.2, 0) is 6.54 Å². The molecule has 0 spiro atoms. The number of ether oxygens (including phenoxy) is 2. The highest BCUT2D eigenvalue weighted by Crippen LogP contribution is 2.27. The summed E-state index contributed by atoms with van der Waals surface area (Å²) in [6.45, 7) is 2.86. The van der Waals surface area contributed by atoms with E-state index in [9.17, 15) is 9.59 Å². The summed E-state index contributed by atoms with van der Waals surface area (Å²) in [5, 5.41) is 5.57. The molecule has 26 heavy (non-hydrogen) atoms. The van der Waals surface area contributed by atoms with Crippen molar-refractivity contribution in [1.29, 1.82) is 0 Å². The molecule has 0 saturated heterocycles. The van der Waals surface area contributed by atoms with Crippen LogP contribution in [0.5, 0.6) is 11.5 Å². The molecular formula is C19H23N3O4. The summed E-state index contributed by atoms with van der Waals surface area (Å²) in [4.78, 5) is 28.3. The van der Waals surface area contributed by atoms with Crippen molar-refractivity contribution in [2.75, 3.05) is 20.8 Å². The Morgan fingerprint density at radius 1 is 0.962 bits per heavy atom. The van der Waals surface area contributed by atoms with E-state index in [0.29, 0.717) is 35.7 Å². The van der Waals surface area contributed by atoms with Crippen molar-refractivity contribution in [3.05, 3.63) is 53.3 Å². The fourth-order valence-corrected chi connectivity index (χ4v) is 2.30. The highest BCUT2D eigenvalue weighted by molar-refractivity contribution is 5.99. The summed E-state index contributed by atoms with van der Waals surface area (Å²) in [6.07, 6.45) is 3.71. The molecule has 2 N–H and O–H groups in total. The van der Waals surface area contributed by atoms with E-state index in [1.165, 1.54) is 18.5 Å². The molecule has 0 unspecified atom stereocenters. The van der Waals surface area contributed by atoms with E-state index in [-0.39, 0.29) is 11.8 Å². The van der Waals surface area contributed by atoms with Gasteiger partial charge in [-0.1, -0.05) is 13.0 Å². The van der Waals surface area contributed by atoms with E-state index >= 15 is 0 Å². The third-order valence-electron chi connectivity index (χ3n) is 3.70. The number of methoxy groups -OCH3 is 2. The van der Waals surface area contributed by atoms with Crippen LogP contribution in [0.3, 0.4) is 0 Å². The van der Waals surface area contributed by atoms with Gasteiger partial charge < -0.3 is 20.1 Å². The minimum Gasteiger partial charge on any atom is -0.493 e. The Morgan fingerprint density at radius 2 is 1.62 bits per heavy atom. The fourth-order valence-electron chi connectivity index (χ4n) is 2.30. The number of amides is 2. The smallest absolute Gasteiger partial charge is 0.253 e. The van der Waals surface area contributed by atoms with Gasteiger partial charge in [0.2, 0.25) is 0 Å². The standard InChI is InChI=1S/C19H23N3O4/c1-4-7-21-18(23)14-9-15(12-20-11-14)19(24)22-10-13-5-6-16(25-2)17(8-13)26-3/h5-6,8-9,11-12H,4,7,10H2,1-3H3,(H,21,23)(H,22,24). The molecule has 1 aromatic heterocycles. The molecule has 2 amide bonds. The number of hydrogen-bond donors (Lipinski definition) is 2. The number of aromatic nitrogens is 1. The number of benzene rings is 1. The normalized spacial score (nSPS) is 10.1. The highest BCUT2D eigenvalue weighted by atomic mass is 16.5. The van der Waals surface area contributed by atoms with E-state index in [1.807, 2.05) is 13.0 Å². The lowest BCUT2D eigenvalue weighted by molar-refractivity contribution is 0.0950. The van der Waals surface area contributed by atoms with Crippen LogP contribution < -0.4 is 20.1 Å². The summed E-state index contributed by atoms with van der Waals surface area (Å²) in [5.41, 5.74) is 1.55. The molecule has 0 aliphatic heterocycles. The van der Waals surface area contributed by atoms with Crippen molar-refractivity contribution in [1.82, 2.24) is 15.6 Å². The third-order valence-corrected chi connectivity index (χ3v) is 3.70. The zero-order chi connectivity index (χ0) is 18.9. The molecule has 2 aromatic rings. The second-order valence-electron chi connectivity index (χ2n) is 5.59. The molecule has 1 aromatic carbocycles. The number of hydrogen-bond acceptors (Lipinski definition) is 5. The van der Waals surface area contributed by atoms with Crippen molar-refractivity contribution in [2.24, 2.45) is 0 Å². The number of nitrogens with zero attached hydrogens (tertiary/aromatic N) is 1. The van der Waals surface area contributed by atoms with Gasteiger partial charge in [0.25, 0.3) is 11.8 Å². The van der Waals surface area contributed by atoms with E-state index in [0.717, 1.165) is 12.0 Å². The number of carbonyl (C=O) groups excluding carboxylic acids is 2. The van der Waals surface area contributed by atoms with E-state index in [1.54, 1.807) is 26.4 Å². The Bertz CT molecular complexity index is 777. The number of nitrogens with one attached hydrogen (secondary N) is 2. The predicted octanol–water partition coefficient (Wildman–Crippen LogP) is 2.17. The van der Waals surface area contributed by atoms with Crippen LogP contribution in [0.2, 0.25) is 0 Å². The van der Waals surface area contributed by atoms with Crippen LogP contribution in [0.15, 0.2) is 36.7 Å². The Labute approximate surface area is 152 Å². The predicted molar refractivity (Wildman–Crippen MR) is 97.6 cm³/mol. The lowest BCUT2D eigenvalue weighted by Gasteiger charge is -2.10. The van der Waals surface area contributed by atoms with Crippen molar-refractivity contribution >= 4 is 11.8 Å². The van der Waals surface area contributed by atoms with Gasteiger partial charge in [0.1, 0.15) is 0 Å². The van der Waals surface area contributed by atoms with Gasteiger partial charge in [-0.25, -0.2) is 0 Å². The van der Waals surface area contributed by atoms with Crippen molar-refractivity contribution < 1.29 is 19.1 Å². The van der Waals surface area contributed by atoms with Gasteiger partial charge in [0.15, 0.2) is 11.5 Å². The van der Waals surface area contributed by atoms with Gasteiger partial charge in [-0.15, -0.1) is 0 Å². The number of rotatable bonds is 8. The first-order valence-corrected chi connectivity index (χ1v) is 8.31. The first kappa shape index (κ1) is 19.2. The molecule has 1 heterocycles. The molecule has 0 fully saturated rings. The summed E-state index contributed by atoms with van der Waals surface area (Å²) < 4.78 is 10.4. The van der Waals surface area contributed by atoms with Crippen LogP contribution in [-0.4, -0.2) is 37.6 Å². The van der Waals surface area contributed by atoms with Gasteiger partial charge in [0.05, 0.1) is 25.3 Å². The van der Waals surface area contributed by atoms with Crippen molar-refractivity contribution in [2.45, 2.75) is 19.9 Å². The topological polar surface area (TPSA) is 89.6 Å². The minimum absolute atomic E-state index is 0.242. The Balaban J connectivity index is 2.03. The number of pyridine rings is 1. The van der Waals surface area contributed by atoms with Crippen molar-refractivity contribution in [3.8, 4) is 11.5 Å². The fraction of sp³-hybridized carbons (Fsp3) is 0.316. The lowest BCUT2D eigenvalue weighted by atomic mass is 10.1. The van der Waals surface area contributed by atoms with Crippen LogP contribution >= 0.6 is 0 Å². The van der Waals surface area contributed by atoms with E-state index in [2.05, 4.69) is 15.6 Å². The molecule has 7 nitrogen and oxygen atoms in total. The van der Waals surface area contributed by atoms with Gasteiger partial charge in [-0.2, -0.15) is 0 Å². The van der Waals surface area contributed by atoms with Crippen LogP contribution in [0.1, 0.15) is 39.6 Å². The lowest BCUT2D eigenvalue weighted by Crippen LogP contribution is -2.26. The Morgan fingerprint density at radius 3 is 2.23 bits per heavy atom. The monoisotopic (exact) mass is 357 g/mol. The zero-order valence-corrected chi connectivity index (χ0v) is 15.2. The van der Waals surface area contributed by atoms with E-state index < -0.39 is 0 Å². The summed E-state index contributed by atoms with van der Waals surface area (Å²) in [6, 6.07) is 6.95. The van der Waals surface area contributed by atoms with Gasteiger partial charge in [-0.05, 0) is 30.2 Å². The second-order valence-corrected chi connectivity index (χ2v) is 5.59.